The number of hydrogen-bond donors (Lipinski definition) is 0. The first-order chi connectivity index (χ1) is 10.4. The molecule has 0 saturated heterocycles. The Bertz CT molecular complexity index is 845. The van der Waals surface area contributed by atoms with Crippen LogP contribution in [0.25, 0.3) is 16.9 Å². The van der Waals surface area contributed by atoms with Gasteiger partial charge in [-0.05, 0) is 18.2 Å². The van der Waals surface area contributed by atoms with Crippen LogP contribution in [0, 0.1) is 0 Å². The number of benzene rings is 1. The number of ether oxygens (including phenoxy) is 1. The van der Waals surface area contributed by atoms with Gasteiger partial charge < -0.3 is 4.74 Å². The summed E-state index contributed by atoms with van der Waals surface area (Å²) < 4.78 is 45.6. The molecule has 114 valence electrons. The Labute approximate surface area is 128 Å². The minimum absolute atomic E-state index is 0.0437. The van der Waals surface area contributed by atoms with Crippen LogP contribution in [0.15, 0.2) is 36.5 Å². The number of nitrogens with zero attached hydrogens (tertiary/aromatic N) is 3. The van der Waals surface area contributed by atoms with Crippen LogP contribution >= 0.6 is 11.6 Å². The van der Waals surface area contributed by atoms with E-state index in [0.29, 0.717) is 15.8 Å². The monoisotopic (exact) mass is 327 g/mol. The van der Waals surface area contributed by atoms with Crippen molar-refractivity contribution in [3.63, 3.8) is 0 Å². The van der Waals surface area contributed by atoms with Gasteiger partial charge in [-0.3, -0.25) is 0 Å². The third-order valence-electron chi connectivity index (χ3n) is 3.10. The maximum Gasteiger partial charge on any atom is 0.433 e. The summed E-state index contributed by atoms with van der Waals surface area (Å²) >= 11 is 5.88. The van der Waals surface area contributed by atoms with E-state index < -0.39 is 11.9 Å². The number of alkyl halides is 3. The zero-order chi connectivity index (χ0) is 15.9. The Kier molecular flexibility index (Phi) is 3.44. The van der Waals surface area contributed by atoms with Gasteiger partial charge in [-0.2, -0.15) is 18.3 Å². The highest BCUT2D eigenvalue weighted by Gasteiger charge is 2.35. The SMILES string of the molecule is COc1ccccc1-c1cc(C(F)(F)F)n2ncc(Cl)c2n1. The number of aromatic nitrogens is 3. The van der Waals surface area contributed by atoms with Crippen LogP contribution in [0.2, 0.25) is 5.02 Å². The summed E-state index contributed by atoms with van der Waals surface area (Å²) in [4.78, 5) is 4.18. The number of rotatable bonds is 2. The highest BCUT2D eigenvalue weighted by Crippen LogP contribution is 2.35. The Morgan fingerprint density at radius 3 is 2.64 bits per heavy atom. The van der Waals surface area contributed by atoms with Crippen molar-refractivity contribution in [3.8, 4) is 17.0 Å². The third-order valence-corrected chi connectivity index (χ3v) is 3.37. The van der Waals surface area contributed by atoms with Gasteiger partial charge in [-0.1, -0.05) is 23.7 Å². The van der Waals surface area contributed by atoms with E-state index in [1.54, 1.807) is 24.3 Å². The standard InChI is InChI=1S/C14H9ClF3N3O/c1-22-11-5-3-2-4-8(11)10-6-12(14(16,17)18)21-13(20-10)9(15)7-19-21/h2-7H,1H3. The van der Waals surface area contributed by atoms with Crippen LogP contribution in [0.1, 0.15) is 5.69 Å². The van der Waals surface area contributed by atoms with E-state index in [1.165, 1.54) is 7.11 Å². The average molecular weight is 328 g/mol. The molecular formula is C14H9ClF3N3O. The first-order valence-electron chi connectivity index (χ1n) is 6.16. The van der Waals surface area contributed by atoms with Gasteiger partial charge in [-0.15, -0.1) is 0 Å². The number of para-hydroxylation sites is 1. The van der Waals surface area contributed by atoms with Gasteiger partial charge in [0.05, 0.1) is 19.0 Å². The van der Waals surface area contributed by atoms with Crippen molar-refractivity contribution in [1.29, 1.82) is 0 Å². The zero-order valence-electron chi connectivity index (χ0n) is 11.2. The van der Waals surface area contributed by atoms with Gasteiger partial charge in [0.15, 0.2) is 11.3 Å². The van der Waals surface area contributed by atoms with Gasteiger partial charge in [-0.25, -0.2) is 9.50 Å². The maximum absolute atomic E-state index is 13.2. The van der Waals surface area contributed by atoms with Crippen LogP contribution in [0.3, 0.4) is 0 Å². The molecule has 4 nitrogen and oxygen atoms in total. The molecule has 0 atom stereocenters. The van der Waals surface area contributed by atoms with Crippen LogP contribution in [0.5, 0.6) is 5.75 Å². The second-order valence-corrected chi connectivity index (χ2v) is 4.86. The second kappa shape index (κ2) is 5.17. The highest BCUT2D eigenvalue weighted by molar-refractivity contribution is 6.33. The first kappa shape index (κ1) is 14.6. The van der Waals surface area contributed by atoms with E-state index in [0.717, 1.165) is 12.3 Å². The molecule has 0 unspecified atom stereocenters. The fourth-order valence-electron chi connectivity index (χ4n) is 2.13. The van der Waals surface area contributed by atoms with Gasteiger partial charge in [0.25, 0.3) is 0 Å². The Balaban J connectivity index is 2.34. The second-order valence-electron chi connectivity index (χ2n) is 4.45. The minimum Gasteiger partial charge on any atom is -0.496 e. The summed E-state index contributed by atoms with van der Waals surface area (Å²) in [6.07, 6.45) is -3.46. The molecule has 0 spiro atoms. The van der Waals surface area contributed by atoms with Crippen molar-refractivity contribution in [2.24, 2.45) is 0 Å². The predicted octanol–water partition coefficient (Wildman–Crippen LogP) is 4.08. The van der Waals surface area contributed by atoms with Crippen LogP contribution in [0.4, 0.5) is 13.2 Å². The lowest BCUT2D eigenvalue weighted by atomic mass is 10.1. The fourth-order valence-corrected chi connectivity index (χ4v) is 2.30. The molecular weight excluding hydrogens is 319 g/mol. The van der Waals surface area contributed by atoms with Crippen molar-refractivity contribution in [3.05, 3.63) is 47.2 Å². The van der Waals surface area contributed by atoms with Gasteiger partial charge in [0.1, 0.15) is 10.8 Å². The molecule has 0 aliphatic carbocycles. The predicted molar refractivity (Wildman–Crippen MR) is 75.0 cm³/mol. The van der Waals surface area contributed by atoms with Gasteiger partial charge in [0.2, 0.25) is 0 Å². The molecule has 0 radical (unpaired) electrons. The molecule has 2 heterocycles. The van der Waals surface area contributed by atoms with Crippen LogP contribution < -0.4 is 4.74 Å². The highest BCUT2D eigenvalue weighted by atomic mass is 35.5. The molecule has 0 bridgehead atoms. The first-order valence-corrected chi connectivity index (χ1v) is 6.54. The molecule has 22 heavy (non-hydrogen) atoms. The molecule has 0 aliphatic heterocycles. The van der Waals surface area contributed by atoms with E-state index in [9.17, 15) is 13.2 Å². The van der Waals surface area contributed by atoms with Crippen molar-refractivity contribution < 1.29 is 17.9 Å². The van der Waals surface area contributed by atoms with Crippen LogP contribution in [-0.4, -0.2) is 21.7 Å². The van der Waals surface area contributed by atoms with E-state index in [4.69, 9.17) is 16.3 Å². The normalized spacial score (nSPS) is 11.9. The molecule has 3 rings (SSSR count). The molecule has 0 fully saturated rings. The molecule has 8 heteroatoms. The van der Waals surface area contributed by atoms with Crippen molar-refractivity contribution in [1.82, 2.24) is 14.6 Å². The van der Waals surface area contributed by atoms with E-state index in [1.807, 2.05) is 0 Å². The molecule has 0 N–H and O–H groups in total. The molecule has 3 aromatic rings. The minimum atomic E-state index is -4.59. The maximum atomic E-state index is 13.2. The largest absolute Gasteiger partial charge is 0.496 e. The summed E-state index contributed by atoms with van der Waals surface area (Å²) in [7, 11) is 1.44. The van der Waals surface area contributed by atoms with Gasteiger partial charge in [0, 0.05) is 5.56 Å². The lowest BCUT2D eigenvalue weighted by Gasteiger charge is -2.12. The Morgan fingerprint density at radius 1 is 1.23 bits per heavy atom. The molecule has 2 aromatic heterocycles. The summed E-state index contributed by atoms with van der Waals surface area (Å²) in [5, 5.41) is 3.68. The lowest BCUT2D eigenvalue weighted by molar-refractivity contribution is -0.142. The van der Waals surface area contributed by atoms with Crippen molar-refractivity contribution >= 4 is 17.2 Å². The van der Waals surface area contributed by atoms with E-state index in [2.05, 4.69) is 10.1 Å². The zero-order valence-corrected chi connectivity index (χ0v) is 12.0. The summed E-state index contributed by atoms with van der Waals surface area (Å²) in [5.41, 5.74) is -0.461. The van der Waals surface area contributed by atoms with Crippen molar-refractivity contribution in [2.45, 2.75) is 6.18 Å². The Morgan fingerprint density at radius 2 is 1.95 bits per heavy atom. The number of halogens is 4. The fraction of sp³-hybridized carbons (Fsp3) is 0.143. The molecule has 0 saturated carbocycles. The van der Waals surface area contributed by atoms with Crippen LogP contribution in [-0.2, 0) is 6.18 Å². The molecule has 0 aliphatic rings. The van der Waals surface area contributed by atoms with Gasteiger partial charge >= 0.3 is 6.18 Å². The average Bonchev–Trinajstić information content (AvgIpc) is 2.87. The number of hydrogen-bond acceptors (Lipinski definition) is 3. The molecule has 1 aromatic carbocycles. The third kappa shape index (κ3) is 2.37. The summed E-state index contributed by atoms with van der Waals surface area (Å²) in [5.74, 6) is 0.420. The van der Waals surface area contributed by atoms with Crippen molar-refractivity contribution in [2.75, 3.05) is 7.11 Å². The summed E-state index contributed by atoms with van der Waals surface area (Å²) in [6, 6.07) is 7.61. The molecule has 0 amide bonds. The van der Waals surface area contributed by atoms with E-state index in [-0.39, 0.29) is 16.4 Å². The van der Waals surface area contributed by atoms with E-state index >= 15 is 0 Å². The smallest absolute Gasteiger partial charge is 0.433 e. The summed E-state index contributed by atoms with van der Waals surface area (Å²) in [6.45, 7) is 0. The Hall–Kier alpha value is -2.28. The number of methoxy groups -OCH3 is 1. The quantitative estimate of drug-likeness (QED) is 0.712. The number of fused-ring (bicyclic) bond motifs is 1. The topological polar surface area (TPSA) is 39.4 Å². The lowest BCUT2D eigenvalue weighted by Crippen LogP contribution is -2.13.